The molecule has 1 saturated heterocycles. The topological polar surface area (TPSA) is 105 Å². The summed E-state index contributed by atoms with van der Waals surface area (Å²) >= 11 is 0. The summed E-state index contributed by atoms with van der Waals surface area (Å²) in [5, 5.41) is 22.4. The number of halogens is 1. The Morgan fingerprint density at radius 3 is 2.57 bits per heavy atom. The van der Waals surface area contributed by atoms with Crippen LogP contribution in [0, 0.1) is 17.7 Å². The molecule has 0 spiro atoms. The number of carbonyl (C=O) groups is 1. The Kier molecular flexibility index (Phi) is 9.18. The van der Waals surface area contributed by atoms with Gasteiger partial charge in [-0.2, -0.15) is 0 Å². The van der Waals surface area contributed by atoms with Crippen LogP contribution in [0.25, 0.3) is 0 Å². The summed E-state index contributed by atoms with van der Waals surface area (Å²) in [7, 11) is 1.65. The highest BCUT2D eigenvalue weighted by Gasteiger charge is 2.44. The second-order valence-electron chi connectivity index (χ2n) is 10.4. The zero-order chi connectivity index (χ0) is 26.4. The molecule has 8 heteroatoms. The van der Waals surface area contributed by atoms with Crippen molar-refractivity contribution in [3.63, 3.8) is 0 Å². The van der Waals surface area contributed by atoms with E-state index in [0.717, 1.165) is 19.3 Å². The molecule has 0 bridgehead atoms. The molecule has 0 aromatic heterocycles. The van der Waals surface area contributed by atoms with Crippen LogP contribution in [0.2, 0.25) is 0 Å². The SMILES string of the molecule is COCCCCC(O)(c1ccccc1Oc1ccccc1F)C1CCCN(C(=O)C2CC(N)C(O)C2)C1. The molecule has 37 heavy (non-hydrogen) atoms. The number of unbranched alkanes of at least 4 members (excludes halogenated alkanes) is 1. The van der Waals surface area contributed by atoms with E-state index < -0.39 is 17.5 Å². The summed E-state index contributed by atoms with van der Waals surface area (Å²) in [5.74, 6) is -0.529. The van der Waals surface area contributed by atoms with E-state index in [1.165, 1.54) is 6.07 Å². The van der Waals surface area contributed by atoms with Gasteiger partial charge in [0, 0.05) is 50.2 Å². The molecule has 0 radical (unpaired) electrons. The molecule has 1 heterocycles. The average Bonchev–Trinajstić information content (AvgIpc) is 3.25. The van der Waals surface area contributed by atoms with Crippen LogP contribution in [-0.4, -0.2) is 60.0 Å². The quantitative estimate of drug-likeness (QED) is 0.415. The van der Waals surface area contributed by atoms with Crippen LogP contribution in [0.4, 0.5) is 4.39 Å². The minimum absolute atomic E-state index is 0.00525. The maximum atomic E-state index is 14.4. The van der Waals surface area contributed by atoms with Crippen LogP contribution in [0.3, 0.4) is 0 Å². The normalized spacial score (nSPS) is 25.6. The maximum absolute atomic E-state index is 14.4. The third-order valence-electron chi connectivity index (χ3n) is 7.90. The number of amides is 1. The van der Waals surface area contributed by atoms with Crippen LogP contribution in [0.5, 0.6) is 11.5 Å². The fourth-order valence-corrected chi connectivity index (χ4v) is 5.83. The molecule has 2 aliphatic rings. The molecule has 1 aliphatic heterocycles. The molecule has 1 saturated carbocycles. The van der Waals surface area contributed by atoms with Gasteiger partial charge in [0.2, 0.25) is 5.91 Å². The van der Waals surface area contributed by atoms with Gasteiger partial charge in [-0.3, -0.25) is 4.79 Å². The molecule has 7 nitrogen and oxygen atoms in total. The Labute approximate surface area is 218 Å². The molecule has 2 aromatic carbocycles. The number of benzene rings is 2. The molecule has 1 aliphatic carbocycles. The first-order valence-corrected chi connectivity index (χ1v) is 13.3. The maximum Gasteiger partial charge on any atom is 0.225 e. The smallest absolute Gasteiger partial charge is 0.225 e. The lowest BCUT2D eigenvalue weighted by molar-refractivity contribution is -0.141. The Morgan fingerprint density at radius 1 is 1.14 bits per heavy atom. The molecule has 4 rings (SSSR count). The summed E-state index contributed by atoms with van der Waals surface area (Å²) in [4.78, 5) is 15.2. The molecular weight excluding hydrogens is 475 g/mol. The number of nitrogens with two attached hydrogens (primary N) is 1. The molecular formula is C29H39FN2O5. The van der Waals surface area contributed by atoms with E-state index in [1.54, 1.807) is 37.4 Å². The molecule has 202 valence electrons. The summed E-state index contributed by atoms with van der Waals surface area (Å²) in [6.07, 6.45) is 3.64. The van der Waals surface area contributed by atoms with Crippen molar-refractivity contribution in [1.29, 1.82) is 0 Å². The van der Waals surface area contributed by atoms with E-state index in [2.05, 4.69) is 0 Å². The van der Waals surface area contributed by atoms with Gasteiger partial charge in [-0.05, 0) is 63.1 Å². The van der Waals surface area contributed by atoms with E-state index >= 15 is 0 Å². The number of hydrogen-bond acceptors (Lipinski definition) is 6. The number of hydrogen-bond donors (Lipinski definition) is 3. The number of carbonyl (C=O) groups excluding carboxylic acids is 1. The van der Waals surface area contributed by atoms with E-state index in [4.69, 9.17) is 15.2 Å². The van der Waals surface area contributed by atoms with Crippen molar-refractivity contribution in [3.05, 3.63) is 59.9 Å². The summed E-state index contributed by atoms with van der Waals surface area (Å²) in [6.45, 7) is 1.60. The van der Waals surface area contributed by atoms with Gasteiger partial charge in [0.05, 0.1) is 11.7 Å². The van der Waals surface area contributed by atoms with Gasteiger partial charge in [-0.15, -0.1) is 0 Å². The molecule has 2 fully saturated rings. The fourth-order valence-electron chi connectivity index (χ4n) is 5.83. The van der Waals surface area contributed by atoms with Gasteiger partial charge in [-0.25, -0.2) is 4.39 Å². The van der Waals surface area contributed by atoms with Gasteiger partial charge in [0.1, 0.15) is 5.75 Å². The predicted octanol–water partition coefficient (Wildman–Crippen LogP) is 3.96. The number of ether oxygens (including phenoxy) is 2. The first-order chi connectivity index (χ1) is 17.8. The molecule has 5 unspecified atom stereocenters. The minimum Gasteiger partial charge on any atom is -0.454 e. The van der Waals surface area contributed by atoms with Gasteiger partial charge in [0.25, 0.3) is 0 Å². The zero-order valence-corrected chi connectivity index (χ0v) is 21.5. The second kappa shape index (κ2) is 12.3. The highest BCUT2D eigenvalue weighted by molar-refractivity contribution is 5.79. The second-order valence-corrected chi connectivity index (χ2v) is 10.4. The number of para-hydroxylation sites is 2. The lowest BCUT2D eigenvalue weighted by Crippen LogP contribution is -2.49. The highest BCUT2D eigenvalue weighted by atomic mass is 19.1. The Balaban J connectivity index is 1.61. The van der Waals surface area contributed by atoms with Crippen molar-refractivity contribution in [2.75, 3.05) is 26.8 Å². The molecule has 5 atom stereocenters. The Hall–Kier alpha value is -2.52. The van der Waals surface area contributed by atoms with Gasteiger partial charge in [0.15, 0.2) is 11.6 Å². The number of likely N-dealkylation sites (tertiary alicyclic amines) is 1. The van der Waals surface area contributed by atoms with Crippen molar-refractivity contribution < 1.29 is 28.9 Å². The number of rotatable bonds is 10. The van der Waals surface area contributed by atoms with Crippen LogP contribution >= 0.6 is 0 Å². The third kappa shape index (κ3) is 6.32. The monoisotopic (exact) mass is 514 g/mol. The van der Waals surface area contributed by atoms with Gasteiger partial charge in [-0.1, -0.05) is 30.3 Å². The first-order valence-electron chi connectivity index (χ1n) is 13.3. The first kappa shape index (κ1) is 27.5. The van der Waals surface area contributed by atoms with Gasteiger partial charge < -0.3 is 30.3 Å². The molecule has 2 aromatic rings. The number of aliphatic hydroxyl groups is 2. The van der Waals surface area contributed by atoms with Crippen molar-refractivity contribution in [2.24, 2.45) is 17.6 Å². The number of nitrogens with zero attached hydrogens (tertiary/aromatic N) is 1. The van der Waals surface area contributed by atoms with Crippen molar-refractivity contribution in [1.82, 2.24) is 4.90 Å². The molecule has 4 N–H and O–H groups in total. The van der Waals surface area contributed by atoms with E-state index in [-0.39, 0.29) is 29.5 Å². The van der Waals surface area contributed by atoms with E-state index in [9.17, 15) is 19.4 Å². The number of piperidine rings is 1. The van der Waals surface area contributed by atoms with Crippen LogP contribution in [-0.2, 0) is 15.1 Å². The minimum atomic E-state index is -1.29. The van der Waals surface area contributed by atoms with Crippen molar-refractivity contribution in [3.8, 4) is 11.5 Å². The highest BCUT2D eigenvalue weighted by Crippen LogP contribution is 2.45. The summed E-state index contributed by atoms with van der Waals surface area (Å²) < 4.78 is 25.6. The molecule has 1 amide bonds. The lowest BCUT2D eigenvalue weighted by Gasteiger charge is -2.44. The summed E-state index contributed by atoms with van der Waals surface area (Å²) in [6, 6.07) is 13.0. The van der Waals surface area contributed by atoms with E-state index in [1.807, 2.05) is 17.0 Å². The number of aliphatic hydroxyl groups excluding tert-OH is 1. The standard InChI is InChI=1S/C29H39FN2O5/c1-36-16-7-6-14-29(35,22-10-2-4-12-26(22)37-27-13-5-3-11-23(27)30)21-9-8-15-32(19-21)28(34)20-17-24(31)25(33)18-20/h2-5,10-13,20-21,24-25,33,35H,6-9,14-19,31H2,1H3. The van der Waals surface area contributed by atoms with Crippen molar-refractivity contribution >= 4 is 5.91 Å². The Bertz CT molecular complexity index is 1040. The Morgan fingerprint density at radius 2 is 1.86 bits per heavy atom. The fraction of sp³-hybridized carbons (Fsp3) is 0.552. The van der Waals surface area contributed by atoms with Crippen LogP contribution in [0.15, 0.2) is 48.5 Å². The zero-order valence-electron chi connectivity index (χ0n) is 21.5. The van der Waals surface area contributed by atoms with Gasteiger partial charge >= 0.3 is 0 Å². The van der Waals surface area contributed by atoms with Crippen LogP contribution in [0.1, 0.15) is 50.5 Å². The average molecular weight is 515 g/mol. The lowest BCUT2D eigenvalue weighted by atomic mass is 9.73. The predicted molar refractivity (Wildman–Crippen MR) is 139 cm³/mol. The summed E-state index contributed by atoms with van der Waals surface area (Å²) in [5.41, 5.74) is 5.27. The largest absolute Gasteiger partial charge is 0.454 e. The third-order valence-corrected chi connectivity index (χ3v) is 7.90. The van der Waals surface area contributed by atoms with E-state index in [0.29, 0.717) is 56.7 Å². The van der Waals surface area contributed by atoms with Crippen molar-refractivity contribution in [2.45, 2.75) is 62.7 Å². The number of methoxy groups -OCH3 is 1. The van der Waals surface area contributed by atoms with Crippen LogP contribution < -0.4 is 10.5 Å².